The molecule has 1 unspecified atom stereocenters. The van der Waals surface area contributed by atoms with Crippen LogP contribution in [0.2, 0.25) is 4.34 Å². The third-order valence-electron chi connectivity index (χ3n) is 6.13. The summed E-state index contributed by atoms with van der Waals surface area (Å²) in [6, 6.07) is 10.2. The van der Waals surface area contributed by atoms with Crippen molar-refractivity contribution in [3.05, 3.63) is 52.0 Å². The first-order valence-electron chi connectivity index (χ1n) is 11.5. The predicted octanol–water partition coefficient (Wildman–Crippen LogP) is 5.59. The average Bonchev–Trinajstić information content (AvgIpc) is 3.58. The van der Waals surface area contributed by atoms with Gasteiger partial charge in [0.2, 0.25) is 11.0 Å². The Balaban J connectivity index is 1.43. The van der Waals surface area contributed by atoms with Crippen LogP contribution in [0.25, 0.3) is 15.3 Å². The molecule has 1 amide bonds. The SMILES string of the molecule is Cc1cc(NC(=O)C2CCCN2S(=O)(=O)c2ccc(Cl)s2)n(-c2nc3ccc(C(C)(C)C)cc3s2)n1. The van der Waals surface area contributed by atoms with E-state index in [2.05, 4.69) is 43.3 Å². The summed E-state index contributed by atoms with van der Waals surface area (Å²) in [6.45, 7) is 8.62. The molecule has 1 fully saturated rings. The molecule has 1 N–H and O–H groups in total. The van der Waals surface area contributed by atoms with Gasteiger partial charge in [-0.05, 0) is 55.0 Å². The van der Waals surface area contributed by atoms with Gasteiger partial charge >= 0.3 is 0 Å². The Kier molecular flexibility index (Phi) is 6.49. The highest BCUT2D eigenvalue weighted by Crippen LogP contribution is 2.34. The van der Waals surface area contributed by atoms with Crippen LogP contribution in [-0.2, 0) is 20.2 Å². The van der Waals surface area contributed by atoms with Crippen LogP contribution in [0, 0.1) is 6.92 Å². The van der Waals surface area contributed by atoms with Crippen LogP contribution >= 0.6 is 34.3 Å². The highest BCUT2D eigenvalue weighted by Gasteiger charge is 2.40. The van der Waals surface area contributed by atoms with Crippen molar-refractivity contribution in [1.82, 2.24) is 19.1 Å². The summed E-state index contributed by atoms with van der Waals surface area (Å²) in [5.74, 6) is 0.0621. The van der Waals surface area contributed by atoms with Crippen molar-refractivity contribution in [2.75, 3.05) is 11.9 Å². The largest absolute Gasteiger partial charge is 0.309 e. The Hall–Kier alpha value is -2.31. The smallest absolute Gasteiger partial charge is 0.253 e. The molecule has 5 rings (SSSR count). The van der Waals surface area contributed by atoms with Gasteiger partial charge in [0, 0.05) is 12.6 Å². The number of thiazole rings is 1. The number of aryl methyl sites for hydroxylation is 1. The first-order chi connectivity index (χ1) is 16.9. The average molecular weight is 564 g/mol. The monoisotopic (exact) mass is 563 g/mol. The molecule has 0 spiro atoms. The second-order valence-electron chi connectivity index (χ2n) is 9.83. The minimum Gasteiger partial charge on any atom is -0.309 e. The van der Waals surface area contributed by atoms with Gasteiger partial charge in [0.25, 0.3) is 10.0 Å². The number of rotatable bonds is 5. The topological polar surface area (TPSA) is 97.2 Å². The number of nitrogens with zero attached hydrogens (tertiary/aromatic N) is 4. The molecule has 1 aliphatic rings. The molecule has 1 aromatic carbocycles. The van der Waals surface area contributed by atoms with E-state index < -0.39 is 22.0 Å². The van der Waals surface area contributed by atoms with Crippen molar-refractivity contribution in [2.45, 2.75) is 56.2 Å². The molecule has 0 aliphatic carbocycles. The molecule has 0 bridgehead atoms. The lowest BCUT2D eigenvalue weighted by Crippen LogP contribution is -2.43. The first-order valence-corrected chi connectivity index (χ1v) is 14.9. The number of fused-ring (bicyclic) bond motifs is 1. The van der Waals surface area contributed by atoms with Crippen molar-refractivity contribution < 1.29 is 13.2 Å². The lowest BCUT2D eigenvalue weighted by atomic mass is 9.87. The van der Waals surface area contributed by atoms with E-state index in [0.29, 0.717) is 33.8 Å². The van der Waals surface area contributed by atoms with Gasteiger partial charge in [0.1, 0.15) is 16.1 Å². The van der Waals surface area contributed by atoms with E-state index in [0.717, 1.165) is 21.6 Å². The maximum atomic E-state index is 13.3. The van der Waals surface area contributed by atoms with E-state index in [-0.39, 0.29) is 16.2 Å². The quantitative estimate of drug-likeness (QED) is 0.341. The van der Waals surface area contributed by atoms with E-state index in [1.807, 2.05) is 13.0 Å². The second-order valence-corrected chi connectivity index (χ2v) is 14.7. The number of aromatic nitrogens is 3. The maximum Gasteiger partial charge on any atom is 0.253 e. The number of anilines is 1. The van der Waals surface area contributed by atoms with Gasteiger partial charge in [0.05, 0.1) is 20.2 Å². The highest BCUT2D eigenvalue weighted by molar-refractivity contribution is 7.91. The van der Waals surface area contributed by atoms with Crippen LogP contribution in [-0.4, -0.2) is 46.0 Å². The minimum absolute atomic E-state index is 0.0156. The van der Waals surface area contributed by atoms with E-state index in [4.69, 9.17) is 16.6 Å². The van der Waals surface area contributed by atoms with Crippen molar-refractivity contribution >= 4 is 66.2 Å². The van der Waals surface area contributed by atoms with Crippen LogP contribution in [0.15, 0.2) is 40.6 Å². The van der Waals surface area contributed by atoms with Gasteiger partial charge in [-0.2, -0.15) is 14.1 Å². The van der Waals surface area contributed by atoms with Crippen molar-refractivity contribution in [2.24, 2.45) is 0 Å². The zero-order valence-electron chi connectivity index (χ0n) is 20.3. The summed E-state index contributed by atoms with van der Waals surface area (Å²) < 4.78 is 30.8. The lowest BCUT2D eigenvalue weighted by molar-refractivity contribution is -0.119. The third-order valence-corrected chi connectivity index (χ3v) is 10.7. The highest BCUT2D eigenvalue weighted by atomic mass is 35.5. The second kappa shape index (κ2) is 9.21. The van der Waals surface area contributed by atoms with Crippen molar-refractivity contribution in [3.8, 4) is 5.13 Å². The van der Waals surface area contributed by atoms with E-state index in [1.54, 1.807) is 16.8 Å². The van der Waals surface area contributed by atoms with Gasteiger partial charge in [-0.3, -0.25) is 4.79 Å². The Morgan fingerprint density at radius 2 is 1.94 bits per heavy atom. The lowest BCUT2D eigenvalue weighted by Gasteiger charge is -2.22. The molecular formula is C24H26ClN5O3S3. The van der Waals surface area contributed by atoms with Gasteiger partial charge in [-0.25, -0.2) is 13.4 Å². The number of carbonyl (C=O) groups is 1. The van der Waals surface area contributed by atoms with E-state index >= 15 is 0 Å². The fourth-order valence-corrected chi connectivity index (χ4v) is 8.49. The Morgan fingerprint density at radius 3 is 2.64 bits per heavy atom. The fraction of sp³-hybridized carbons (Fsp3) is 0.375. The Bertz CT molecular complexity index is 1570. The van der Waals surface area contributed by atoms with Crippen LogP contribution in [0.3, 0.4) is 0 Å². The molecule has 0 saturated carbocycles. The number of amides is 1. The molecule has 36 heavy (non-hydrogen) atoms. The summed E-state index contributed by atoms with van der Waals surface area (Å²) in [6.07, 6.45) is 1.04. The van der Waals surface area contributed by atoms with Gasteiger partial charge < -0.3 is 5.32 Å². The molecule has 0 radical (unpaired) electrons. The summed E-state index contributed by atoms with van der Waals surface area (Å²) >= 11 is 8.44. The zero-order chi connectivity index (χ0) is 25.8. The van der Waals surface area contributed by atoms with Crippen LogP contribution in [0.4, 0.5) is 5.82 Å². The summed E-state index contributed by atoms with van der Waals surface area (Å²) in [5, 5.41) is 8.09. The molecule has 1 saturated heterocycles. The number of sulfonamides is 1. The van der Waals surface area contributed by atoms with Crippen LogP contribution < -0.4 is 5.32 Å². The number of halogens is 1. The molecule has 190 valence electrons. The summed E-state index contributed by atoms with van der Waals surface area (Å²) in [7, 11) is -3.82. The van der Waals surface area contributed by atoms with Crippen LogP contribution in [0.1, 0.15) is 44.9 Å². The number of carbonyl (C=O) groups excluding carboxylic acids is 1. The molecule has 4 aromatic rings. The summed E-state index contributed by atoms with van der Waals surface area (Å²) in [4.78, 5) is 18.1. The minimum atomic E-state index is -3.82. The van der Waals surface area contributed by atoms with Crippen LogP contribution in [0.5, 0.6) is 0 Å². The summed E-state index contributed by atoms with van der Waals surface area (Å²) in [5.41, 5.74) is 2.80. The number of thiophene rings is 1. The molecule has 8 nitrogen and oxygen atoms in total. The Labute approximate surface area is 223 Å². The third kappa shape index (κ3) is 4.70. The predicted molar refractivity (Wildman–Crippen MR) is 145 cm³/mol. The molecule has 12 heteroatoms. The molecule has 4 heterocycles. The van der Waals surface area contributed by atoms with E-state index in [1.165, 1.54) is 27.3 Å². The number of benzene rings is 1. The molecule has 1 atom stereocenters. The van der Waals surface area contributed by atoms with Gasteiger partial charge in [-0.1, -0.05) is 49.8 Å². The van der Waals surface area contributed by atoms with Crippen molar-refractivity contribution in [1.29, 1.82) is 0 Å². The fourth-order valence-electron chi connectivity index (χ4n) is 4.26. The molecule has 3 aromatic heterocycles. The molecule has 1 aliphatic heterocycles. The maximum absolute atomic E-state index is 13.3. The Morgan fingerprint density at radius 1 is 1.17 bits per heavy atom. The number of hydrogen-bond donors (Lipinski definition) is 1. The zero-order valence-corrected chi connectivity index (χ0v) is 23.5. The first kappa shape index (κ1) is 25.3. The van der Waals surface area contributed by atoms with Gasteiger partial charge in [0.15, 0.2) is 0 Å². The number of nitrogens with one attached hydrogen (secondary N) is 1. The normalized spacial score (nSPS) is 17.2. The van der Waals surface area contributed by atoms with Crippen molar-refractivity contribution in [3.63, 3.8) is 0 Å². The van der Waals surface area contributed by atoms with E-state index in [9.17, 15) is 13.2 Å². The van der Waals surface area contributed by atoms with Gasteiger partial charge in [-0.15, -0.1) is 11.3 Å². The molecular weight excluding hydrogens is 538 g/mol. The number of hydrogen-bond acceptors (Lipinski definition) is 7. The standard InChI is InChI=1S/C24H26ClN5O3S3/c1-14-12-20(30(28-14)23-26-16-8-7-15(24(2,3)4)13-18(16)34-23)27-22(31)17-6-5-11-29(17)36(32,33)21-10-9-19(25)35-21/h7-10,12-13,17H,5-6,11H2,1-4H3,(H,27,31).